The highest BCUT2D eigenvalue weighted by molar-refractivity contribution is 9.09. The predicted octanol–water partition coefficient (Wildman–Crippen LogP) is 4.62. The van der Waals surface area contributed by atoms with Gasteiger partial charge in [0.25, 0.3) is 0 Å². The average Bonchev–Trinajstić information content (AvgIpc) is 2.87. The number of amidine groups is 1. The lowest BCUT2D eigenvalue weighted by Gasteiger charge is -2.50. The largest absolute Gasteiger partial charge is 0.385 e. The molecule has 3 aliphatic carbocycles. The van der Waals surface area contributed by atoms with Gasteiger partial charge in [-0.3, -0.25) is 4.99 Å². The van der Waals surface area contributed by atoms with E-state index in [9.17, 15) is 5.11 Å². The van der Waals surface area contributed by atoms with Crippen molar-refractivity contribution in [3.05, 3.63) is 0 Å². The average molecular weight is 432 g/mol. The van der Waals surface area contributed by atoms with Crippen LogP contribution in [0.15, 0.2) is 4.99 Å². The molecule has 3 nitrogen and oxygen atoms in total. The highest BCUT2D eigenvalue weighted by Crippen LogP contribution is 2.53. The zero-order valence-electron chi connectivity index (χ0n) is 15.0. The van der Waals surface area contributed by atoms with Crippen LogP contribution in [0.1, 0.15) is 70.6 Å². The SMILES string of the molecule is NC1=NC2CCC(Cl)CC2C1(O)C1CCCCC1C1CCCCC1Br. The van der Waals surface area contributed by atoms with Gasteiger partial charge in [-0.1, -0.05) is 41.6 Å². The van der Waals surface area contributed by atoms with Crippen LogP contribution in [-0.2, 0) is 0 Å². The molecule has 1 aliphatic heterocycles. The zero-order chi connectivity index (χ0) is 17.6. The van der Waals surface area contributed by atoms with Crippen LogP contribution in [0.4, 0.5) is 0 Å². The Hall–Kier alpha value is 0.200. The van der Waals surface area contributed by atoms with Gasteiger partial charge in [0, 0.05) is 16.1 Å². The van der Waals surface area contributed by atoms with Gasteiger partial charge < -0.3 is 10.8 Å². The monoisotopic (exact) mass is 430 g/mol. The molecule has 0 saturated heterocycles. The number of nitrogens with two attached hydrogens (primary N) is 1. The summed E-state index contributed by atoms with van der Waals surface area (Å²) in [5, 5.41) is 12.1. The molecule has 0 aromatic carbocycles. The molecule has 1 heterocycles. The van der Waals surface area contributed by atoms with E-state index in [1.54, 1.807) is 0 Å². The van der Waals surface area contributed by atoms with E-state index in [0.29, 0.717) is 22.5 Å². The molecule has 8 unspecified atom stereocenters. The summed E-state index contributed by atoms with van der Waals surface area (Å²) in [6.45, 7) is 0. The number of rotatable bonds is 2. The Morgan fingerprint density at radius 3 is 2.40 bits per heavy atom. The van der Waals surface area contributed by atoms with Crippen LogP contribution in [0.25, 0.3) is 0 Å². The van der Waals surface area contributed by atoms with Crippen molar-refractivity contribution in [2.75, 3.05) is 0 Å². The molecule has 0 amide bonds. The van der Waals surface area contributed by atoms with Crippen molar-refractivity contribution < 1.29 is 5.11 Å². The first-order valence-electron chi connectivity index (χ1n) is 10.4. The lowest BCUT2D eigenvalue weighted by molar-refractivity contribution is -0.0659. The minimum atomic E-state index is -0.923. The van der Waals surface area contributed by atoms with Crippen LogP contribution in [0, 0.1) is 23.7 Å². The second-order valence-electron chi connectivity index (χ2n) is 8.94. The number of fused-ring (bicyclic) bond motifs is 1. The summed E-state index contributed by atoms with van der Waals surface area (Å²) in [7, 11) is 0. The molecule has 5 heteroatoms. The van der Waals surface area contributed by atoms with Crippen LogP contribution in [0.2, 0.25) is 0 Å². The topological polar surface area (TPSA) is 58.6 Å². The summed E-state index contributed by atoms with van der Waals surface area (Å²) < 4.78 is 0. The number of alkyl halides is 2. The number of aliphatic hydroxyl groups is 1. The first kappa shape index (κ1) is 18.6. The van der Waals surface area contributed by atoms with Gasteiger partial charge in [-0.2, -0.15) is 0 Å². The standard InChI is InChI=1S/C20H32BrClN2O/c21-17-8-4-2-6-14(17)13-5-1-3-7-15(13)20(25)16-11-12(22)9-10-18(16)24-19(20)23/h12-18,25H,1-11H2,(H2,23,24). The Labute approximate surface area is 165 Å². The van der Waals surface area contributed by atoms with Gasteiger partial charge in [0.1, 0.15) is 11.4 Å². The summed E-state index contributed by atoms with van der Waals surface area (Å²) in [6.07, 6.45) is 12.9. The number of halogens is 2. The van der Waals surface area contributed by atoms with E-state index in [1.165, 1.54) is 44.9 Å². The van der Waals surface area contributed by atoms with Crippen molar-refractivity contribution in [2.45, 2.75) is 92.5 Å². The second kappa shape index (κ2) is 7.31. The Balaban J connectivity index is 1.63. The molecule has 0 spiro atoms. The van der Waals surface area contributed by atoms with Crippen LogP contribution >= 0.6 is 27.5 Å². The molecule has 4 aliphatic rings. The van der Waals surface area contributed by atoms with Crippen molar-refractivity contribution in [2.24, 2.45) is 34.4 Å². The van der Waals surface area contributed by atoms with Gasteiger partial charge in [-0.05, 0) is 62.7 Å². The minimum Gasteiger partial charge on any atom is -0.385 e. The molecule has 3 fully saturated rings. The van der Waals surface area contributed by atoms with Crippen LogP contribution < -0.4 is 5.73 Å². The van der Waals surface area contributed by atoms with Gasteiger partial charge in [-0.15, -0.1) is 11.6 Å². The molecular weight excluding hydrogens is 400 g/mol. The van der Waals surface area contributed by atoms with E-state index in [-0.39, 0.29) is 23.3 Å². The smallest absolute Gasteiger partial charge is 0.129 e. The van der Waals surface area contributed by atoms with E-state index in [1.807, 2.05) is 0 Å². The zero-order valence-corrected chi connectivity index (χ0v) is 17.4. The van der Waals surface area contributed by atoms with E-state index < -0.39 is 5.60 Å². The number of nitrogens with zero attached hydrogens (tertiary/aromatic N) is 1. The first-order chi connectivity index (χ1) is 12.0. The van der Waals surface area contributed by atoms with E-state index in [0.717, 1.165) is 25.7 Å². The Morgan fingerprint density at radius 1 is 0.960 bits per heavy atom. The second-order valence-corrected chi connectivity index (χ2v) is 10.7. The van der Waals surface area contributed by atoms with E-state index >= 15 is 0 Å². The van der Waals surface area contributed by atoms with Crippen molar-refractivity contribution in [3.8, 4) is 0 Å². The van der Waals surface area contributed by atoms with Crippen molar-refractivity contribution >= 4 is 33.4 Å². The van der Waals surface area contributed by atoms with Gasteiger partial charge >= 0.3 is 0 Å². The molecule has 8 atom stereocenters. The fourth-order valence-electron chi connectivity index (χ4n) is 6.48. The van der Waals surface area contributed by atoms with E-state index in [4.69, 9.17) is 22.3 Å². The Morgan fingerprint density at radius 2 is 1.64 bits per heavy atom. The highest BCUT2D eigenvalue weighted by Gasteiger charge is 2.58. The summed E-state index contributed by atoms with van der Waals surface area (Å²) in [5.41, 5.74) is 5.50. The summed E-state index contributed by atoms with van der Waals surface area (Å²) in [5.74, 6) is 2.14. The van der Waals surface area contributed by atoms with Gasteiger partial charge in [0.05, 0.1) is 6.04 Å². The molecule has 0 bridgehead atoms. The van der Waals surface area contributed by atoms with Gasteiger partial charge in [0.2, 0.25) is 0 Å². The van der Waals surface area contributed by atoms with Crippen LogP contribution in [-0.4, -0.2) is 32.8 Å². The maximum absolute atomic E-state index is 12.0. The molecule has 25 heavy (non-hydrogen) atoms. The van der Waals surface area contributed by atoms with E-state index in [2.05, 4.69) is 15.9 Å². The number of aliphatic imine (C=N–C) groups is 1. The fourth-order valence-corrected chi connectivity index (χ4v) is 7.78. The molecule has 3 N–H and O–H groups in total. The lowest BCUT2D eigenvalue weighted by atomic mass is 9.58. The minimum absolute atomic E-state index is 0.131. The Bertz CT molecular complexity index is 530. The quantitative estimate of drug-likeness (QED) is 0.626. The third kappa shape index (κ3) is 3.18. The first-order valence-corrected chi connectivity index (χ1v) is 11.7. The van der Waals surface area contributed by atoms with Gasteiger partial charge in [0.15, 0.2) is 0 Å². The molecule has 0 aromatic heterocycles. The van der Waals surface area contributed by atoms with Gasteiger partial charge in [-0.25, -0.2) is 0 Å². The molecule has 142 valence electrons. The van der Waals surface area contributed by atoms with Crippen molar-refractivity contribution in [3.63, 3.8) is 0 Å². The number of hydrogen-bond acceptors (Lipinski definition) is 3. The third-order valence-corrected chi connectivity index (χ3v) is 9.23. The predicted molar refractivity (Wildman–Crippen MR) is 107 cm³/mol. The molecular formula is C20H32BrClN2O. The van der Waals surface area contributed by atoms with Crippen molar-refractivity contribution in [1.82, 2.24) is 0 Å². The maximum Gasteiger partial charge on any atom is 0.129 e. The molecule has 0 radical (unpaired) electrons. The summed E-state index contributed by atoms with van der Waals surface area (Å²) >= 11 is 10.5. The Kier molecular flexibility index (Phi) is 5.43. The van der Waals surface area contributed by atoms with Crippen molar-refractivity contribution in [1.29, 1.82) is 0 Å². The summed E-state index contributed by atoms with van der Waals surface area (Å²) in [6, 6.07) is 0.189. The molecule has 3 saturated carbocycles. The maximum atomic E-state index is 12.0. The lowest BCUT2D eigenvalue weighted by Crippen LogP contribution is -2.58. The van der Waals surface area contributed by atoms with Crippen LogP contribution in [0.5, 0.6) is 0 Å². The highest BCUT2D eigenvalue weighted by atomic mass is 79.9. The normalized spacial score (nSPS) is 51.0. The summed E-state index contributed by atoms with van der Waals surface area (Å²) in [4.78, 5) is 5.34. The fraction of sp³-hybridized carbons (Fsp3) is 0.950. The number of hydrogen-bond donors (Lipinski definition) is 2. The third-order valence-electron chi connectivity index (χ3n) is 7.70. The van der Waals surface area contributed by atoms with Crippen LogP contribution in [0.3, 0.4) is 0 Å². The molecule has 4 rings (SSSR count). The molecule has 0 aromatic rings.